The van der Waals surface area contributed by atoms with Gasteiger partial charge in [0.25, 0.3) is 6.71 Å². The maximum absolute atomic E-state index is 2.94. The largest absolute Gasteiger partial charge is 0.335 e. The summed E-state index contributed by atoms with van der Waals surface area (Å²) >= 11 is 0. The van der Waals surface area contributed by atoms with E-state index in [-0.39, 0.29) is 39.5 Å². The van der Waals surface area contributed by atoms with Crippen molar-refractivity contribution in [2.45, 2.75) is 139 Å². The monoisotopic (exact) mass is 888 g/mol. The Morgan fingerprint density at radius 2 is 0.985 bits per heavy atom. The van der Waals surface area contributed by atoms with E-state index < -0.39 is 0 Å². The standard InChI is InChI=1S/C64H66BN3/c1-59(2,3)45-27-21-28-47(39-45)66-54-40-46(60(4,5)6)33-34-51(54)65-52-31-22-30-50-58(52)68(62(8)36-18-20-38-64(50,62)44-25-13-10-14-26-44)56-42-48(41-55(66)57(56)65)67-53-32-16-15-29-49(53)63(43-23-11-9-12-24-43)37-19-17-35-61(63,67)7/h9-16,21-34,39-42H,17-20,35-38H2,1-8H3. The molecule has 4 heterocycles. The zero-order valence-electron chi connectivity index (χ0n) is 41.6. The van der Waals surface area contributed by atoms with Crippen LogP contribution in [0, 0.1) is 0 Å². The van der Waals surface area contributed by atoms with E-state index in [1.807, 2.05) is 0 Å². The van der Waals surface area contributed by atoms with Gasteiger partial charge in [0.15, 0.2) is 0 Å². The van der Waals surface area contributed by atoms with E-state index >= 15 is 0 Å². The first-order chi connectivity index (χ1) is 32.7. The summed E-state index contributed by atoms with van der Waals surface area (Å²) in [5.74, 6) is 0. The summed E-state index contributed by atoms with van der Waals surface area (Å²) < 4.78 is 0. The Balaban J connectivity index is 1.17. The lowest BCUT2D eigenvalue weighted by molar-refractivity contribution is 0.214. The summed E-state index contributed by atoms with van der Waals surface area (Å²) in [5.41, 5.74) is 21.5. The number of anilines is 7. The van der Waals surface area contributed by atoms with E-state index in [9.17, 15) is 0 Å². The van der Waals surface area contributed by atoms with Crippen LogP contribution in [0.1, 0.15) is 140 Å². The van der Waals surface area contributed by atoms with Crippen molar-refractivity contribution >= 4 is 62.9 Å². The van der Waals surface area contributed by atoms with Crippen LogP contribution in [0.4, 0.5) is 39.8 Å². The predicted octanol–water partition coefficient (Wildman–Crippen LogP) is 14.4. The molecule has 4 aliphatic heterocycles. The molecule has 4 unspecified atom stereocenters. The van der Waals surface area contributed by atoms with Gasteiger partial charge in [-0.05, 0) is 137 Å². The first-order valence-electron chi connectivity index (χ1n) is 25.9. The number of hydrogen-bond donors (Lipinski definition) is 0. The van der Waals surface area contributed by atoms with Crippen LogP contribution in [0.15, 0.2) is 158 Å². The fourth-order valence-corrected chi connectivity index (χ4v) is 15.4. The quantitative estimate of drug-likeness (QED) is 0.163. The van der Waals surface area contributed by atoms with E-state index in [2.05, 4.69) is 228 Å². The molecule has 0 amide bonds. The van der Waals surface area contributed by atoms with E-state index in [1.54, 1.807) is 0 Å². The SMILES string of the molecule is CC(C)(C)c1cccc(N2c3cc(C(C)(C)C)ccc3B3c4cccc5c4N(c4cc(N6c7ccccc7C7(c8ccccc8)CCCCC67C)cc2c43)C2(C)CCCCC52c2ccccc2)c1. The highest BCUT2D eigenvalue weighted by Crippen LogP contribution is 2.67. The minimum absolute atomic E-state index is 0.0114. The molecule has 0 bridgehead atoms. The van der Waals surface area contributed by atoms with Crippen LogP contribution >= 0.6 is 0 Å². The van der Waals surface area contributed by atoms with Crippen molar-refractivity contribution in [1.29, 1.82) is 0 Å². The summed E-state index contributed by atoms with van der Waals surface area (Å²) in [5, 5.41) is 0. The zero-order chi connectivity index (χ0) is 46.6. The Labute approximate surface area is 406 Å². The molecule has 3 nitrogen and oxygen atoms in total. The molecule has 0 radical (unpaired) electrons. The second kappa shape index (κ2) is 14.3. The highest BCUT2D eigenvalue weighted by Gasteiger charge is 2.65. The van der Waals surface area contributed by atoms with Gasteiger partial charge in [-0.25, -0.2) is 0 Å². The van der Waals surface area contributed by atoms with Gasteiger partial charge in [0.05, 0.1) is 11.1 Å². The lowest BCUT2D eigenvalue weighted by Gasteiger charge is -2.55. The van der Waals surface area contributed by atoms with E-state index in [1.165, 1.54) is 115 Å². The third-order valence-corrected chi connectivity index (χ3v) is 18.5. The molecule has 4 heteroatoms. The van der Waals surface area contributed by atoms with Crippen molar-refractivity contribution in [3.05, 3.63) is 191 Å². The van der Waals surface area contributed by atoms with Crippen molar-refractivity contribution in [2.24, 2.45) is 0 Å². The minimum Gasteiger partial charge on any atom is -0.335 e. The molecule has 13 rings (SSSR count). The topological polar surface area (TPSA) is 9.72 Å². The molecule has 0 aromatic heterocycles. The smallest absolute Gasteiger partial charge is 0.252 e. The molecule has 340 valence electrons. The molecule has 2 fully saturated rings. The van der Waals surface area contributed by atoms with Crippen LogP contribution < -0.4 is 31.1 Å². The van der Waals surface area contributed by atoms with Gasteiger partial charge in [-0.2, -0.15) is 0 Å². The first-order valence-corrected chi connectivity index (χ1v) is 25.9. The summed E-state index contributed by atoms with van der Waals surface area (Å²) in [6.45, 7) is 19.5. The van der Waals surface area contributed by atoms with Gasteiger partial charge >= 0.3 is 0 Å². The minimum atomic E-state index is -0.203. The summed E-state index contributed by atoms with van der Waals surface area (Å²) in [6, 6.07) is 62.6. The van der Waals surface area contributed by atoms with Gasteiger partial charge in [-0.15, -0.1) is 0 Å². The molecule has 7 aromatic carbocycles. The number of para-hydroxylation sites is 2. The Hall–Kier alpha value is -6.00. The van der Waals surface area contributed by atoms with Crippen LogP contribution in [0.5, 0.6) is 0 Å². The normalized spacial score (nSPS) is 25.3. The third kappa shape index (κ3) is 5.33. The van der Waals surface area contributed by atoms with Crippen LogP contribution in [-0.4, -0.2) is 17.8 Å². The number of benzene rings is 7. The Bertz CT molecular complexity index is 3180. The molecule has 4 atom stereocenters. The van der Waals surface area contributed by atoms with Gasteiger partial charge in [-0.1, -0.05) is 189 Å². The van der Waals surface area contributed by atoms with Crippen LogP contribution in [0.3, 0.4) is 0 Å². The van der Waals surface area contributed by atoms with Gasteiger partial charge in [0.1, 0.15) is 0 Å². The molecule has 2 saturated carbocycles. The average molecular weight is 888 g/mol. The summed E-state index contributed by atoms with van der Waals surface area (Å²) in [7, 11) is 0. The van der Waals surface area contributed by atoms with Crippen LogP contribution in [0.25, 0.3) is 0 Å². The highest BCUT2D eigenvalue weighted by atomic mass is 15.3. The lowest BCUT2D eigenvalue weighted by Crippen LogP contribution is -2.65. The van der Waals surface area contributed by atoms with Crippen molar-refractivity contribution in [2.75, 3.05) is 14.7 Å². The van der Waals surface area contributed by atoms with Crippen molar-refractivity contribution in [3.8, 4) is 0 Å². The number of fused-ring (bicyclic) bond motifs is 10. The van der Waals surface area contributed by atoms with Gasteiger partial charge in [0.2, 0.25) is 0 Å². The van der Waals surface area contributed by atoms with Crippen molar-refractivity contribution in [3.63, 3.8) is 0 Å². The molecule has 7 aromatic rings. The second-order valence-corrected chi connectivity index (χ2v) is 23.9. The number of hydrogen-bond acceptors (Lipinski definition) is 3. The molecule has 0 spiro atoms. The summed E-state index contributed by atoms with van der Waals surface area (Å²) in [4.78, 5) is 8.50. The molecule has 0 saturated heterocycles. The molecule has 2 aliphatic carbocycles. The zero-order valence-corrected chi connectivity index (χ0v) is 41.6. The average Bonchev–Trinajstić information content (AvgIpc) is 3.74. The lowest BCUT2D eigenvalue weighted by atomic mass is 9.33. The Kier molecular flexibility index (Phi) is 8.85. The fourth-order valence-electron chi connectivity index (χ4n) is 15.4. The van der Waals surface area contributed by atoms with Gasteiger partial charge < -0.3 is 14.7 Å². The van der Waals surface area contributed by atoms with Crippen LogP contribution in [0.2, 0.25) is 0 Å². The Morgan fingerprint density at radius 1 is 0.426 bits per heavy atom. The second-order valence-electron chi connectivity index (χ2n) is 23.9. The van der Waals surface area contributed by atoms with E-state index in [0.717, 1.165) is 25.7 Å². The van der Waals surface area contributed by atoms with E-state index in [0.29, 0.717) is 0 Å². The highest BCUT2D eigenvalue weighted by molar-refractivity contribution is 7.00. The van der Waals surface area contributed by atoms with Gasteiger partial charge in [0, 0.05) is 50.6 Å². The predicted molar refractivity (Wildman–Crippen MR) is 289 cm³/mol. The fraction of sp³-hybridized carbons (Fsp3) is 0.344. The van der Waals surface area contributed by atoms with Gasteiger partial charge in [-0.3, -0.25) is 0 Å². The van der Waals surface area contributed by atoms with E-state index in [4.69, 9.17) is 0 Å². The molecule has 0 N–H and O–H groups in total. The number of nitrogens with zero attached hydrogens (tertiary/aromatic N) is 3. The van der Waals surface area contributed by atoms with Crippen molar-refractivity contribution < 1.29 is 0 Å². The maximum Gasteiger partial charge on any atom is 0.252 e. The first kappa shape index (κ1) is 42.1. The van der Waals surface area contributed by atoms with Crippen molar-refractivity contribution in [1.82, 2.24) is 0 Å². The number of rotatable bonds is 4. The summed E-state index contributed by atoms with van der Waals surface area (Å²) in [6.07, 6.45) is 9.40. The molecule has 6 aliphatic rings. The third-order valence-electron chi connectivity index (χ3n) is 18.5. The van der Waals surface area contributed by atoms with Crippen LogP contribution in [-0.2, 0) is 21.7 Å². The molecule has 68 heavy (non-hydrogen) atoms. The Morgan fingerprint density at radius 3 is 1.66 bits per heavy atom. The molecular weight excluding hydrogens is 822 g/mol. The maximum atomic E-state index is 2.94. The molecular formula is C64H66BN3.